The number of hydrogen-bond donors (Lipinski definition) is 1. The molecule has 0 spiro atoms. The number of carboxylic acids is 1. The van der Waals surface area contributed by atoms with E-state index in [-0.39, 0.29) is 54.0 Å². The van der Waals surface area contributed by atoms with Crippen LogP contribution in [0.2, 0.25) is 20.1 Å². The number of esters is 1. The van der Waals surface area contributed by atoms with Crippen molar-refractivity contribution in [2.24, 2.45) is 11.8 Å². The van der Waals surface area contributed by atoms with Gasteiger partial charge in [0.25, 0.3) is 0 Å². The molecule has 446 valence electrons. The molecule has 4 aromatic carbocycles. The number of benzene rings is 4. The van der Waals surface area contributed by atoms with E-state index in [9.17, 15) is 14.7 Å². The molecule has 4 aliphatic heterocycles. The molecule has 0 bridgehead atoms. The molecule has 4 saturated heterocycles. The molecule has 18 nitrogen and oxygen atoms in total. The van der Waals surface area contributed by atoms with Crippen LogP contribution in [-0.4, -0.2) is 120 Å². The van der Waals surface area contributed by atoms with Crippen LogP contribution in [-0.2, 0) is 36.9 Å². The summed E-state index contributed by atoms with van der Waals surface area (Å²) in [6.45, 7) is 12.2. The van der Waals surface area contributed by atoms with Crippen LogP contribution in [0.15, 0.2) is 69.7 Å². The number of thiazole rings is 2. The summed E-state index contributed by atoms with van der Waals surface area (Å²) in [5.41, 5.74) is 6.41. The van der Waals surface area contributed by atoms with Gasteiger partial charge in [-0.25, -0.2) is 19.6 Å². The first-order valence-electron chi connectivity index (χ1n) is 28.4. The molecule has 6 aliphatic rings. The molecule has 24 heteroatoms. The predicted molar refractivity (Wildman–Crippen MR) is 325 cm³/mol. The summed E-state index contributed by atoms with van der Waals surface area (Å²) in [5, 5.41) is 22.1. The molecule has 0 unspecified atom stereocenters. The number of rotatable bonds is 18. The van der Waals surface area contributed by atoms with E-state index in [1.54, 1.807) is 42.5 Å². The second kappa shape index (κ2) is 24.1. The van der Waals surface area contributed by atoms with E-state index in [0.29, 0.717) is 123 Å². The number of methoxy groups -OCH3 is 1. The highest BCUT2D eigenvalue weighted by Crippen LogP contribution is 2.49. The van der Waals surface area contributed by atoms with Gasteiger partial charge in [0.2, 0.25) is 0 Å². The minimum Gasteiger partial charge on any atom is -0.489 e. The summed E-state index contributed by atoms with van der Waals surface area (Å²) in [7, 11) is 1.37. The largest absolute Gasteiger partial charge is 0.489 e. The van der Waals surface area contributed by atoms with Crippen LogP contribution in [0.25, 0.3) is 42.9 Å². The monoisotopic (exact) mass is 1270 g/mol. The zero-order valence-electron chi connectivity index (χ0n) is 47.0. The molecule has 14 rings (SSSR count). The van der Waals surface area contributed by atoms with E-state index in [0.717, 1.165) is 80.1 Å². The van der Waals surface area contributed by atoms with Crippen molar-refractivity contribution in [1.82, 2.24) is 20.3 Å². The third kappa shape index (κ3) is 11.8. The highest BCUT2D eigenvalue weighted by molar-refractivity contribution is 7.22. The normalized spacial score (nSPS) is 21.8. The van der Waals surface area contributed by atoms with Gasteiger partial charge >= 0.3 is 11.9 Å². The van der Waals surface area contributed by atoms with Gasteiger partial charge in [0, 0.05) is 72.1 Å². The van der Waals surface area contributed by atoms with Crippen molar-refractivity contribution in [3.63, 3.8) is 0 Å². The lowest BCUT2D eigenvalue weighted by Gasteiger charge is -2.20. The molecule has 8 aromatic rings. The lowest BCUT2D eigenvalue weighted by Crippen LogP contribution is -2.28. The van der Waals surface area contributed by atoms with Crippen LogP contribution in [0.5, 0.6) is 11.5 Å². The number of aromatic carboxylic acids is 1. The van der Waals surface area contributed by atoms with Crippen LogP contribution >= 0.6 is 69.1 Å². The molecular formula is C61H60Cl4N6O12S2. The maximum Gasteiger partial charge on any atom is 0.338 e. The van der Waals surface area contributed by atoms with Gasteiger partial charge in [-0.15, -0.1) is 0 Å². The zero-order chi connectivity index (χ0) is 58.9. The lowest BCUT2D eigenvalue weighted by molar-refractivity contribution is 0.0144. The number of ether oxygens (including phenoxy) is 7. The van der Waals surface area contributed by atoms with Crippen molar-refractivity contribution in [1.29, 1.82) is 0 Å². The van der Waals surface area contributed by atoms with Crippen molar-refractivity contribution in [2.45, 2.75) is 115 Å². The molecule has 6 fully saturated rings. The number of carbonyl (C=O) groups is 2. The number of fused-ring (bicyclic) bond motifs is 4. The number of halogens is 4. The lowest BCUT2D eigenvalue weighted by atomic mass is 10.0. The third-order valence-corrected chi connectivity index (χ3v) is 19.6. The maximum absolute atomic E-state index is 12.3. The second-order valence-corrected chi connectivity index (χ2v) is 26.5. The first-order valence-corrected chi connectivity index (χ1v) is 31.6. The summed E-state index contributed by atoms with van der Waals surface area (Å²) < 4.78 is 55.7. The average Bonchev–Trinajstić information content (AvgIpc) is 2.34. The Morgan fingerprint density at radius 3 is 1.46 bits per heavy atom. The number of aromatic nitrogens is 4. The van der Waals surface area contributed by atoms with Crippen molar-refractivity contribution >= 4 is 112 Å². The highest BCUT2D eigenvalue weighted by Gasteiger charge is 2.48. The van der Waals surface area contributed by atoms with Crippen LogP contribution in [0.1, 0.15) is 109 Å². The molecule has 6 atom stereocenters. The van der Waals surface area contributed by atoms with E-state index >= 15 is 0 Å². The van der Waals surface area contributed by atoms with Gasteiger partial charge in [-0.3, -0.25) is 0 Å². The average molecular weight is 1280 g/mol. The minimum atomic E-state index is -0.998. The fourth-order valence-electron chi connectivity index (χ4n) is 11.8. The summed E-state index contributed by atoms with van der Waals surface area (Å²) >= 11 is 29.1. The Hall–Kier alpha value is -5.78. The van der Waals surface area contributed by atoms with Gasteiger partial charge in [0.1, 0.15) is 45.4 Å². The van der Waals surface area contributed by atoms with Crippen molar-refractivity contribution < 1.29 is 56.9 Å². The quantitative estimate of drug-likeness (QED) is 0.0794. The standard InChI is InChI=1S/C31H31Cl2N3O6S.C30H29Cl2N3O6S/c1-15(2)41-22-9-17(30(37)38-3)10-25-28(22)34-31(43-25)36-11-18-23(12-36)40-14-24(18)39-13-19-27(35-42-29(19)16-7-8-16)26-20(32)5-4-6-21(26)33;1-14(2)40-21-8-16(29(36)37)9-24-27(21)33-30(42-24)35-10-17-22(11-35)39-13-23(17)38-12-18-26(34-41-28(18)15-6-7-15)25-19(31)4-3-5-20(25)32/h4-6,9-10,15-16,18,23-24H,7-8,11-14H2,1-3H3;3-5,8-9,14-15,17,22-23H,6-7,10-13H2,1-2H3,(H,36,37)/t18-,23+,24+;17-,22+,23+/m11/s1. The van der Waals surface area contributed by atoms with E-state index in [1.165, 1.54) is 29.8 Å². The second-order valence-electron chi connectivity index (χ2n) is 22.8. The highest BCUT2D eigenvalue weighted by atomic mass is 35.5. The van der Waals surface area contributed by atoms with E-state index < -0.39 is 11.9 Å². The Kier molecular flexibility index (Phi) is 16.5. The Bertz CT molecular complexity index is 3800. The first kappa shape index (κ1) is 58.2. The Morgan fingerprint density at radius 1 is 0.635 bits per heavy atom. The van der Waals surface area contributed by atoms with E-state index in [1.807, 2.05) is 45.9 Å². The fraction of sp³-hybridized carbons (Fsp3) is 0.443. The Balaban J connectivity index is 0.000000158. The van der Waals surface area contributed by atoms with Crippen LogP contribution in [0.3, 0.4) is 0 Å². The Morgan fingerprint density at radius 2 is 1.06 bits per heavy atom. The molecule has 0 amide bonds. The molecule has 1 N–H and O–H groups in total. The van der Waals surface area contributed by atoms with Gasteiger partial charge < -0.3 is 57.1 Å². The molecule has 2 saturated carbocycles. The molecule has 85 heavy (non-hydrogen) atoms. The smallest absolute Gasteiger partial charge is 0.338 e. The summed E-state index contributed by atoms with van der Waals surface area (Å²) in [6, 6.07) is 17.5. The molecule has 8 heterocycles. The van der Waals surface area contributed by atoms with Crippen LogP contribution in [0, 0.1) is 11.8 Å². The van der Waals surface area contributed by atoms with Crippen LogP contribution in [0.4, 0.5) is 10.3 Å². The topological polar surface area (TPSA) is 203 Å². The minimum absolute atomic E-state index is 0.00540. The SMILES string of the molecule is CC(C)Oc1cc(C(=O)O)cc2sc(N3C[C@H]4[C@@H](OCc5c(-c6c(Cl)cccc6Cl)noc5C5CC5)CO[C@H]4C3)nc12.COC(=O)c1cc(OC(C)C)c2nc(N3C[C@H]4[C@@H](OCc5c(-c6c(Cl)cccc6Cl)noc5C5CC5)CO[C@H]4C3)sc2c1. The molecule has 0 radical (unpaired) electrons. The molecule has 4 aromatic heterocycles. The number of nitrogens with zero attached hydrogens (tertiary/aromatic N) is 6. The number of anilines is 2. The van der Waals surface area contributed by atoms with Crippen molar-refractivity contribution in [2.75, 3.05) is 56.3 Å². The summed E-state index contributed by atoms with van der Waals surface area (Å²) in [5.74, 6) is 2.35. The van der Waals surface area contributed by atoms with Gasteiger partial charge in [0.15, 0.2) is 10.3 Å². The molecule has 2 aliphatic carbocycles. The van der Waals surface area contributed by atoms with Gasteiger partial charge in [-0.1, -0.05) is 91.5 Å². The molecular weight excluding hydrogens is 1210 g/mol. The number of carboxylic acid groups (broad SMARTS) is 1. The number of hydrogen-bond acceptors (Lipinski definition) is 19. The van der Waals surface area contributed by atoms with E-state index in [4.69, 9.17) is 98.6 Å². The summed E-state index contributed by atoms with van der Waals surface area (Å²) in [6.07, 6.45) is 3.88. The zero-order valence-corrected chi connectivity index (χ0v) is 51.6. The third-order valence-electron chi connectivity index (χ3n) is 16.2. The van der Waals surface area contributed by atoms with Gasteiger partial charge in [-0.2, -0.15) is 0 Å². The van der Waals surface area contributed by atoms with E-state index in [2.05, 4.69) is 20.1 Å². The van der Waals surface area contributed by atoms with Gasteiger partial charge in [0.05, 0.1) is 111 Å². The van der Waals surface area contributed by atoms with Crippen molar-refractivity contribution in [3.8, 4) is 34.0 Å². The fourth-order valence-corrected chi connectivity index (χ4v) is 15.0. The Labute approximate surface area is 517 Å². The van der Waals surface area contributed by atoms with Gasteiger partial charge in [-0.05, 0) is 102 Å². The summed E-state index contributed by atoms with van der Waals surface area (Å²) in [4.78, 5) is 38.3. The maximum atomic E-state index is 12.3. The van der Waals surface area contributed by atoms with Crippen LogP contribution < -0.4 is 19.3 Å². The first-order chi connectivity index (χ1) is 41.1. The number of carbonyl (C=O) groups excluding carboxylic acids is 1. The predicted octanol–water partition coefficient (Wildman–Crippen LogP) is 14.2. The van der Waals surface area contributed by atoms with Crippen molar-refractivity contribution in [3.05, 3.63) is 115 Å².